The molecule has 1 N–H and O–H groups in total. The second-order valence-corrected chi connectivity index (χ2v) is 6.91. The van der Waals surface area contributed by atoms with Crippen LogP contribution in [0.1, 0.15) is 46.5 Å². The smallest absolute Gasteiger partial charge is 0.0209 e. The number of likely N-dealkylation sites (tertiary alicyclic amines) is 1. The van der Waals surface area contributed by atoms with Crippen LogP contribution in [-0.4, -0.2) is 37.1 Å². The summed E-state index contributed by atoms with van der Waals surface area (Å²) in [4.78, 5) is 2.44. The van der Waals surface area contributed by atoms with Gasteiger partial charge in [-0.15, -0.1) is 0 Å². The summed E-state index contributed by atoms with van der Waals surface area (Å²) in [5, 5.41) is 3.89. The minimum atomic E-state index is 0.573. The Bertz CT molecular complexity index is 237. The normalized spacial score (nSPS) is 40.1. The van der Waals surface area contributed by atoms with E-state index in [0.29, 0.717) is 5.41 Å². The molecule has 2 fully saturated rings. The summed E-state index contributed by atoms with van der Waals surface area (Å²) in [5.41, 5.74) is 0.573. The monoisotopic (exact) mass is 224 g/mol. The molecular formula is C14H28N2. The Hall–Kier alpha value is -0.0800. The average molecular weight is 224 g/mol. The molecule has 3 atom stereocenters. The number of likely N-dealkylation sites (N-methyl/N-ethyl adjacent to an activating group) is 1. The van der Waals surface area contributed by atoms with Gasteiger partial charge in [-0.05, 0) is 50.6 Å². The van der Waals surface area contributed by atoms with Crippen molar-refractivity contribution in [3.63, 3.8) is 0 Å². The third kappa shape index (κ3) is 2.98. The maximum Gasteiger partial charge on any atom is 0.0209 e. The van der Waals surface area contributed by atoms with Crippen LogP contribution in [0, 0.1) is 11.3 Å². The van der Waals surface area contributed by atoms with Gasteiger partial charge in [0.2, 0.25) is 0 Å². The summed E-state index contributed by atoms with van der Waals surface area (Å²) >= 11 is 0. The lowest BCUT2D eigenvalue weighted by Crippen LogP contribution is -2.47. The van der Waals surface area contributed by atoms with Crippen LogP contribution in [0.2, 0.25) is 0 Å². The zero-order chi connectivity index (χ0) is 11.8. The molecule has 0 aromatic rings. The molecule has 2 heteroatoms. The Morgan fingerprint density at radius 1 is 1.25 bits per heavy atom. The molecule has 0 aromatic carbocycles. The van der Waals surface area contributed by atoms with E-state index in [-0.39, 0.29) is 0 Å². The van der Waals surface area contributed by atoms with E-state index in [9.17, 15) is 0 Å². The van der Waals surface area contributed by atoms with Crippen molar-refractivity contribution in [2.75, 3.05) is 20.1 Å². The van der Waals surface area contributed by atoms with Crippen LogP contribution in [0.5, 0.6) is 0 Å². The largest absolute Gasteiger partial charge is 0.310 e. The predicted octanol–water partition coefficient (Wildman–Crippen LogP) is 2.49. The molecule has 0 amide bonds. The Labute approximate surface area is 101 Å². The van der Waals surface area contributed by atoms with Gasteiger partial charge in [-0.25, -0.2) is 0 Å². The first-order valence-corrected chi connectivity index (χ1v) is 6.91. The molecular weight excluding hydrogens is 196 g/mol. The standard InChI is InChI=1S/C14H28N2/c1-11-9-14(2,3)7-5-13(11)15-12-6-8-16(4)10-12/h11-13,15H,5-10H2,1-4H3. The van der Waals surface area contributed by atoms with Gasteiger partial charge in [0.25, 0.3) is 0 Å². The Kier molecular flexibility index (Phi) is 3.60. The SMILES string of the molecule is CC1CC(C)(C)CCC1NC1CCN(C)C1. The van der Waals surface area contributed by atoms with Crippen LogP contribution in [-0.2, 0) is 0 Å². The van der Waals surface area contributed by atoms with Crippen LogP contribution in [0.4, 0.5) is 0 Å². The molecule has 3 unspecified atom stereocenters. The average Bonchev–Trinajstić information content (AvgIpc) is 2.56. The van der Waals surface area contributed by atoms with E-state index >= 15 is 0 Å². The minimum absolute atomic E-state index is 0.573. The summed E-state index contributed by atoms with van der Waals surface area (Å²) in [6.07, 6.45) is 5.47. The first-order chi connectivity index (χ1) is 7.46. The Balaban J connectivity index is 1.82. The van der Waals surface area contributed by atoms with Crippen LogP contribution >= 0.6 is 0 Å². The van der Waals surface area contributed by atoms with Gasteiger partial charge in [0.05, 0.1) is 0 Å². The van der Waals surface area contributed by atoms with E-state index in [2.05, 4.69) is 38.0 Å². The third-order valence-electron chi connectivity index (χ3n) is 4.53. The van der Waals surface area contributed by atoms with Crippen molar-refractivity contribution in [3.05, 3.63) is 0 Å². The molecule has 94 valence electrons. The van der Waals surface area contributed by atoms with Crippen LogP contribution < -0.4 is 5.32 Å². The van der Waals surface area contributed by atoms with Crippen molar-refractivity contribution in [2.45, 2.75) is 58.5 Å². The molecule has 16 heavy (non-hydrogen) atoms. The molecule has 1 saturated carbocycles. The van der Waals surface area contributed by atoms with Crippen molar-refractivity contribution in [1.29, 1.82) is 0 Å². The zero-order valence-corrected chi connectivity index (χ0v) is 11.4. The van der Waals surface area contributed by atoms with Gasteiger partial charge < -0.3 is 10.2 Å². The van der Waals surface area contributed by atoms with Crippen molar-refractivity contribution in [2.24, 2.45) is 11.3 Å². The van der Waals surface area contributed by atoms with E-state index in [1.165, 1.54) is 38.8 Å². The Morgan fingerprint density at radius 2 is 2.00 bits per heavy atom. The molecule has 1 saturated heterocycles. The van der Waals surface area contributed by atoms with E-state index in [1.54, 1.807) is 0 Å². The van der Waals surface area contributed by atoms with Crippen molar-refractivity contribution in [3.8, 4) is 0 Å². The number of rotatable bonds is 2. The van der Waals surface area contributed by atoms with Gasteiger partial charge in [-0.1, -0.05) is 20.8 Å². The number of nitrogens with one attached hydrogen (secondary N) is 1. The summed E-state index contributed by atoms with van der Waals surface area (Å²) in [6.45, 7) is 9.78. The molecule has 1 aliphatic heterocycles. The molecule has 0 spiro atoms. The summed E-state index contributed by atoms with van der Waals surface area (Å²) in [7, 11) is 2.23. The number of nitrogens with zero attached hydrogens (tertiary/aromatic N) is 1. The highest BCUT2D eigenvalue weighted by molar-refractivity contribution is 4.90. The van der Waals surface area contributed by atoms with Crippen LogP contribution in [0.25, 0.3) is 0 Å². The number of hydrogen-bond acceptors (Lipinski definition) is 2. The lowest BCUT2D eigenvalue weighted by molar-refractivity contribution is 0.141. The van der Waals surface area contributed by atoms with Crippen LogP contribution in [0.15, 0.2) is 0 Å². The molecule has 0 radical (unpaired) electrons. The van der Waals surface area contributed by atoms with Gasteiger partial charge in [0.15, 0.2) is 0 Å². The molecule has 2 nitrogen and oxygen atoms in total. The fourth-order valence-electron chi connectivity index (χ4n) is 3.57. The lowest BCUT2D eigenvalue weighted by atomic mass is 9.70. The highest BCUT2D eigenvalue weighted by Gasteiger charge is 2.33. The first-order valence-electron chi connectivity index (χ1n) is 6.91. The molecule has 2 aliphatic rings. The van der Waals surface area contributed by atoms with Gasteiger partial charge >= 0.3 is 0 Å². The fraction of sp³-hybridized carbons (Fsp3) is 1.00. The predicted molar refractivity (Wildman–Crippen MR) is 69.6 cm³/mol. The zero-order valence-electron chi connectivity index (χ0n) is 11.4. The first kappa shape index (κ1) is 12.4. The molecule has 2 rings (SSSR count). The Morgan fingerprint density at radius 3 is 2.56 bits per heavy atom. The maximum atomic E-state index is 3.89. The maximum absolute atomic E-state index is 3.89. The lowest BCUT2D eigenvalue weighted by Gasteiger charge is -2.40. The number of hydrogen-bond donors (Lipinski definition) is 1. The van der Waals surface area contributed by atoms with E-state index in [4.69, 9.17) is 0 Å². The van der Waals surface area contributed by atoms with Gasteiger partial charge in [0, 0.05) is 18.6 Å². The second kappa shape index (κ2) is 4.66. The van der Waals surface area contributed by atoms with Crippen molar-refractivity contribution in [1.82, 2.24) is 10.2 Å². The van der Waals surface area contributed by atoms with Gasteiger partial charge in [0.1, 0.15) is 0 Å². The van der Waals surface area contributed by atoms with Crippen LogP contribution in [0.3, 0.4) is 0 Å². The fourth-order valence-corrected chi connectivity index (χ4v) is 3.57. The second-order valence-electron chi connectivity index (χ2n) is 6.91. The summed E-state index contributed by atoms with van der Waals surface area (Å²) in [6, 6.07) is 1.52. The third-order valence-corrected chi connectivity index (χ3v) is 4.53. The summed E-state index contributed by atoms with van der Waals surface area (Å²) < 4.78 is 0. The summed E-state index contributed by atoms with van der Waals surface area (Å²) in [5.74, 6) is 0.842. The van der Waals surface area contributed by atoms with Gasteiger partial charge in [-0.3, -0.25) is 0 Å². The van der Waals surface area contributed by atoms with Gasteiger partial charge in [-0.2, -0.15) is 0 Å². The van der Waals surface area contributed by atoms with E-state index < -0.39 is 0 Å². The molecule has 0 aromatic heterocycles. The highest BCUT2D eigenvalue weighted by atomic mass is 15.2. The minimum Gasteiger partial charge on any atom is -0.310 e. The van der Waals surface area contributed by atoms with Crippen molar-refractivity contribution < 1.29 is 0 Å². The molecule has 1 heterocycles. The highest BCUT2D eigenvalue weighted by Crippen LogP contribution is 2.38. The quantitative estimate of drug-likeness (QED) is 0.775. The molecule has 0 bridgehead atoms. The topological polar surface area (TPSA) is 15.3 Å². The van der Waals surface area contributed by atoms with E-state index in [0.717, 1.165) is 18.0 Å². The molecule has 1 aliphatic carbocycles. The van der Waals surface area contributed by atoms with Crippen molar-refractivity contribution >= 4 is 0 Å². The van der Waals surface area contributed by atoms with E-state index in [1.807, 2.05) is 0 Å².